The van der Waals surface area contributed by atoms with E-state index in [1.807, 2.05) is 0 Å². The van der Waals surface area contributed by atoms with Crippen LogP contribution in [-0.2, 0) is 21.7 Å². The maximum atomic E-state index is 2.44. The first kappa shape index (κ1) is 65.7. The van der Waals surface area contributed by atoms with Gasteiger partial charge < -0.3 is 19.6 Å². The first-order valence-corrected chi connectivity index (χ1v) is 34.6. The third-order valence-electron chi connectivity index (χ3n) is 18.9. The highest BCUT2D eigenvalue weighted by atomic mass is 15.2. The molecule has 0 bridgehead atoms. The highest BCUT2D eigenvalue weighted by Crippen LogP contribution is 2.49. The Morgan fingerprint density at radius 1 is 0.163 bits per heavy atom. The van der Waals surface area contributed by atoms with Crippen LogP contribution in [0, 0.1) is 0 Å². The van der Waals surface area contributed by atoms with Crippen LogP contribution < -0.4 is 19.6 Å². The zero-order chi connectivity index (χ0) is 68.3. The lowest BCUT2D eigenvalue weighted by Gasteiger charge is -2.32. The molecule has 0 atom stereocenters. The average molecular weight is 1280 g/mol. The van der Waals surface area contributed by atoms with Crippen molar-refractivity contribution in [3.63, 3.8) is 0 Å². The van der Waals surface area contributed by atoms with E-state index in [1.165, 1.54) is 22.3 Å². The van der Waals surface area contributed by atoms with Gasteiger partial charge in [-0.2, -0.15) is 0 Å². The molecule has 0 aliphatic rings. The van der Waals surface area contributed by atoms with Gasteiger partial charge in [0.25, 0.3) is 0 Å². The van der Waals surface area contributed by atoms with E-state index in [9.17, 15) is 0 Å². The number of hydrogen-bond acceptors (Lipinski definition) is 4. The molecule has 0 amide bonds. The third kappa shape index (κ3) is 14.3. The topological polar surface area (TPSA) is 13.0 Å². The molecule has 0 radical (unpaired) electrons. The van der Waals surface area contributed by atoms with Crippen molar-refractivity contribution >= 4 is 68.2 Å². The van der Waals surface area contributed by atoms with Crippen LogP contribution in [0.5, 0.6) is 0 Å². The van der Waals surface area contributed by atoms with Crippen LogP contribution in [0.3, 0.4) is 0 Å². The Bertz CT molecular complexity index is 4360. The average Bonchev–Trinajstić information content (AvgIpc) is 0.768. The van der Waals surface area contributed by atoms with Crippen molar-refractivity contribution in [2.24, 2.45) is 0 Å². The lowest BCUT2D eigenvalue weighted by molar-refractivity contribution is 0.590. The molecule has 13 aromatic carbocycles. The molecule has 0 fully saturated rings. The van der Waals surface area contributed by atoms with Gasteiger partial charge in [0.05, 0.1) is 11.4 Å². The van der Waals surface area contributed by atoms with Crippen molar-refractivity contribution in [1.82, 2.24) is 0 Å². The van der Waals surface area contributed by atoms with Crippen LogP contribution in [0.1, 0.15) is 105 Å². The molecule has 0 saturated carbocycles. The molecular formula is C94H90N4. The number of hydrogen-bond donors (Lipinski definition) is 0. The standard InChI is InChI=1S/C94H90N4/c1-91(2,3)73-41-53-81(54-42-73)97(82-55-43-74(44-56-82)92(4,5)6)89-65-85(61-63-87(89)71-25-17-13-18-26-71)95(77-29-21-15-22-30-77)79-49-37-69(38-50-79)67-33-35-68(36-34-67)70-39-51-80(52-40-70)96(78-31-23-16-24-32-78)86-62-64-88(72-27-19-14-20-28-72)90(66-86)98(83-57-45-75(46-58-83)93(7,8)9)84-59-47-76(48-60-84)94(10,11)12/h13-66H,1-12H3. The predicted molar refractivity (Wildman–Crippen MR) is 422 cm³/mol. The molecule has 0 spiro atoms. The van der Waals surface area contributed by atoms with E-state index in [2.05, 4.69) is 430 Å². The lowest BCUT2D eigenvalue weighted by Crippen LogP contribution is -2.16. The first-order chi connectivity index (χ1) is 47.1. The Kier molecular flexibility index (Phi) is 18.3. The fourth-order valence-corrected chi connectivity index (χ4v) is 13.2. The summed E-state index contributed by atoms with van der Waals surface area (Å²) in [5, 5.41) is 0. The minimum absolute atomic E-state index is 0.0145. The normalized spacial score (nSPS) is 11.9. The summed E-state index contributed by atoms with van der Waals surface area (Å²) < 4.78 is 0. The molecule has 0 aliphatic carbocycles. The summed E-state index contributed by atoms with van der Waals surface area (Å²) in [6.45, 7) is 27.3. The summed E-state index contributed by atoms with van der Waals surface area (Å²) in [7, 11) is 0. The minimum Gasteiger partial charge on any atom is -0.310 e. The second-order valence-electron chi connectivity index (χ2n) is 30.0. The Hall–Kier alpha value is -10.9. The molecule has 0 saturated heterocycles. The minimum atomic E-state index is 0.0145. The Labute approximate surface area is 583 Å². The zero-order valence-corrected chi connectivity index (χ0v) is 59.0. The Morgan fingerprint density at radius 3 is 0.602 bits per heavy atom. The van der Waals surface area contributed by atoms with Crippen molar-refractivity contribution in [3.8, 4) is 44.5 Å². The van der Waals surface area contributed by atoms with E-state index < -0.39 is 0 Å². The summed E-state index contributed by atoms with van der Waals surface area (Å²) in [6, 6.07) is 121. The summed E-state index contributed by atoms with van der Waals surface area (Å²) in [5.74, 6) is 0. The second kappa shape index (κ2) is 27.3. The van der Waals surface area contributed by atoms with Crippen LogP contribution in [-0.4, -0.2) is 0 Å². The van der Waals surface area contributed by atoms with Crippen molar-refractivity contribution in [2.75, 3.05) is 19.6 Å². The summed E-state index contributed by atoms with van der Waals surface area (Å²) in [6.07, 6.45) is 0. The van der Waals surface area contributed by atoms with Crippen LogP contribution in [0.4, 0.5) is 68.2 Å². The number of nitrogens with zero attached hydrogens (tertiary/aromatic N) is 4. The molecular weight excluding hydrogens is 1190 g/mol. The Balaban J connectivity index is 0.832. The van der Waals surface area contributed by atoms with Gasteiger partial charge in [0.1, 0.15) is 0 Å². The highest BCUT2D eigenvalue weighted by Gasteiger charge is 2.27. The van der Waals surface area contributed by atoms with E-state index in [1.54, 1.807) is 0 Å². The van der Waals surface area contributed by atoms with Gasteiger partial charge >= 0.3 is 0 Å². The number of para-hydroxylation sites is 2. The van der Waals surface area contributed by atoms with Gasteiger partial charge in [0, 0.05) is 68.0 Å². The van der Waals surface area contributed by atoms with E-state index in [0.29, 0.717) is 0 Å². The molecule has 0 unspecified atom stereocenters. The number of rotatable bonds is 16. The number of anilines is 12. The molecule has 486 valence electrons. The molecule has 0 aromatic heterocycles. The van der Waals surface area contributed by atoms with Gasteiger partial charge in [0.15, 0.2) is 0 Å². The van der Waals surface area contributed by atoms with Gasteiger partial charge in [-0.25, -0.2) is 0 Å². The summed E-state index contributed by atoms with van der Waals surface area (Å²) >= 11 is 0. The Morgan fingerprint density at radius 2 is 0.357 bits per heavy atom. The van der Waals surface area contributed by atoms with Gasteiger partial charge in [-0.15, -0.1) is 0 Å². The molecule has 0 heterocycles. The molecule has 4 nitrogen and oxygen atoms in total. The molecule has 98 heavy (non-hydrogen) atoms. The maximum Gasteiger partial charge on any atom is 0.0560 e. The smallest absolute Gasteiger partial charge is 0.0560 e. The summed E-state index contributed by atoms with van der Waals surface area (Å²) in [4.78, 5) is 9.63. The molecule has 13 aromatic rings. The molecule has 0 aliphatic heterocycles. The van der Waals surface area contributed by atoms with Crippen molar-refractivity contribution in [1.29, 1.82) is 0 Å². The van der Waals surface area contributed by atoms with Crippen LogP contribution in [0.15, 0.2) is 328 Å². The van der Waals surface area contributed by atoms with Crippen molar-refractivity contribution in [2.45, 2.75) is 105 Å². The molecule has 13 rings (SSSR count). The summed E-state index contributed by atoms with van der Waals surface area (Å²) in [5.41, 5.74) is 27.4. The molecule has 0 N–H and O–H groups in total. The van der Waals surface area contributed by atoms with E-state index in [4.69, 9.17) is 0 Å². The van der Waals surface area contributed by atoms with Crippen LogP contribution in [0.25, 0.3) is 44.5 Å². The third-order valence-corrected chi connectivity index (χ3v) is 18.9. The van der Waals surface area contributed by atoms with Crippen LogP contribution in [0.2, 0.25) is 0 Å². The predicted octanol–water partition coefficient (Wildman–Crippen LogP) is 27.4. The fourth-order valence-electron chi connectivity index (χ4n) is 13.2. The zero-order valence-electron chi connectivity index (χ0n) is 59.0. The second-order valence-corrected chi connectivity index (χ2v) is 30.0. The van der Waals surface area contributed by atoms with E-state index in [-0.39, 0.29) is 21.7 Å². The van der Waals surface area contributed by atoms with Gasteiger partial charge in [-0.05, 0) is 199 Å². The number of benzene rings is 13. The highest BCUT2D eigenvalue weighted by molar-refractivity contribution is 5.94. The lowest BCUT2D eigenvalue weighted by atomic mass is 9.86. The monoisotopic (exact) mass is 1270 g/mol. The largest absolute Gasteiger partial charge is 0.310 e. The van der Waals surface area contributed by atoms with Crippen molar-refractivity contribution < 1.29 is 0 Å². The SMILES string of the molecule is CC(C)(C)c1ccc(N(c2ccc(C(C)(C)C)cc2)c2cc(N(c3ccccc3)c3ccc(-c4ccc(-c5ccc(N(c6ccccc6)c6ccc(-c7ccccc7)c(N(c7ccc(C(C)(C)C)cc7)c7ccc(C(C)(C)C)cc7)c6)cc5)cc4)cc3)ccc2-c2ccccc2)cc1. The first-order valence-electron chi connectivity index (χ1n) is 34.6. The van der Waals surface area contributed by atoms with Crippen molar-refractivity contribution in [3.05, 3.63) is 350 Å². The van der Waals surface area contributed by atoms with Gasteiger partial charge in [-0.3, -0.25) is 0 Å². The quantitative estimate of drug-likeness (QED) is 0.0956. The van der Waals surface area contributed by atoms with E-state index >= 15 is 0 Å². The molecule has 4 heteroatoms. The van der Waals surface area contributed by atoms with Gasteiger partial charge in [-0.1, -0.05) is 289 Å². The van der Waals surface area contributed by atoms with E-state index in [0.717, 1.165) is 113 Å². The van der Waals surface area contributed by atoms with Crippen LogP contribution >= 0.6 is 0 Å². The van der Waals surface area contributed by atoms with Gasteiger partial charge in [0.2, 0.25) is 0 Å². The fraction of sp³-hybridized carbons (Fsp3) is 0.170. The maximum absolute atomic E-state index is 2.44.